The Bertz CT molecular complexity index is 143. The molecule has 0 bridgehead atoms. The topological polar surface area (TPSA) is 61.1 Å². The van der Waals surface area contributed by atoms with Crippen molar-refractivity contribution in [1.29, 1.82) is 0 Å². The van der Waals surface area contributed by atoms with Crippen molar-refractivity contribution in [3.63, 3.8) is 0 Å². The zero-order chi connectivity index (χ0) is 10.6. The van der Waals surface area contributed by atoms with Gasteiger partial charge in [0.2, 0.25) is 0 Å². The summed E-state index contributed by atoms with van der Waals surface area (Å²) in [5.74, 6) is -0.680. The number of carboxylic acids is 1. The van der Waals surface area contributed by atoms with Crippen molar-refractivity contribution < 1.29 is 39.5 Å². The van der Waals surface area contributed by atoms with Crippen LogP contribution in [-0.2, 0) is 4.79 Å². The van der Waals surface area contributed by atoms with Gasteiger partial charge in [-0.3, -0.25) is 4.79 Å². The van der Waals surface area contributed by atoms with E-state index in [0.717, 1.165) is 25.7 Å². The second-order valence-corrected chi connectivity index (χ2v) is 3.72. The number of unbranched alkanes of at least 4 members (excludes halogenated alkanes) is 7. The Balaban J connectivity index is 0. The molecule has 0 heterocycles. The van der Waals surface area contributed by atoms with Crippen molar-refractivity contribution in [2.24, 2.45) is 0 Å². The van der Waals surface area contributed by atoms with E-state index in [0.29, 0.717) is 13.0 Å². The number of hydrogen-bond donors (Lipinski definition) is 1. The molecule has 0 saturated carbocycles. The molecular weight excluding hydrogens is 201 g/mol. The van der Waals surface area contributed by atoms with Crippen LogP contribution >= 0.6 is 0 Å². The van der Waals surface area contributed by atoms with Crippen LogP contribution in [0.15, 0.2) is 0 Å². The normalized spacial score (nSPS) is 9.67. The minimum atomic E-state index is -0.680. The van der Waals surface area contributed by atoms with E-state index in [2.05, 4.69) is 0 Å². The molecular formula is C11H22NNaO2. The van der Waals surface area contributed by atoms with Crippen LogP contribution in [0.4, 0.5) is 0 Å². The smallest absolute Gasteiger partial charge is 0.677 e. The summed E-state index contributed by atoms with van der Waals surface area (Å²) in [6, 6.07) is 0. The van der Waals surface area contributed by atoms with Crippen LogP contribution in [0.3, 0.4) is 0 Å². The third-order valence-electron chi connectivity index (χ3n) is 2.32. The van der Waals surface area contributed by atoms with Gasteiger partial charge in [0.1, 0.15) is 0 Å². The Hall–Kier alpha value is 0.430. The zero-order valence-corrected chi connectivity index (χ0v) is 11.9. The van der Waals surface area contributed by atoms with Crippen molar-refractivity contribution in [2.75, 3.05) is 6.54 Å². The predicted molar refractivity (Wildman–Crippen MR) is 58.4 cm³/mol. The Morgan fingerprint density at radius 2 is 1.27 bits per heavy atom. The molecule has 0 aromatic carbocycles. The third kappa shape index (κ3) is 17.1. The standard InChI is InChI=1S/C11H22NO2.Na/c12-10-8-6-4-2-1-3-5-7-9-11(13)14;/h12H,1-10H2,(H,13,14);/q-1;+1. The summed E-state index contributed by atoms with van der Waals surface area (Å²) < 4.78 is 0. The minimum absolute atomic E-state index is 0. The molecule has 0 aliphatic rings. The molecule has 0 rings (SSSR count). The number of carbonyl (C=O) groups is 1. The summed E-state index contributed by atoms with van der Waals surface area (Å²) in [7, 11) is 0. The Morgan fingerprint density at radius 1 is 0.867 bits per heavy atom. The van der Waals surface area contributed by atoms with Crippen LogP contribution in [0.5, 0.6) is 0 Å². The van der Waals surface area contributed by atoms with Gasteiger partial charge in [0.15, 0.2) is 0 Å². The molecule has 0 amide bonds. The van der Waals surface area contributed by atoms with E-state index in [1.165, 1.54) is 25.7 Å². The number of hydrogen-bond acceptors (Lipinski definition) is 1. The van der Waals surface area contributed by atoms with Crippen LogP contribution in [-0.4, -0.2) is 17.6 Å². The van der Waals surface area contributed by atoms with Crippen molar-refractivity contribution in [2.45, 2.75) is 57.8 Å². The van der Waals surface area contributed by atoms with Gasteiger partial charge >= 0.3 is 35.5 Å². The number of nitrogens with one attached hydrogen (secondary N) is 1. The molecule has 0 spiro atoms. The van der Waals surface area contributed by atoms with Crippen LogP contribution < -0.4 is 29.6 Å². The molecule has 0 atom stereocenters. The van der Waals surface area contributed by atoms with Gasteiger partial charge in [-0.2, -0.15) is 6.54 Å². The first-order valence-electron chi connectivity index (χ1n) is 5.63. The largest absolute Gasteiger partial charge is 1.00 e. The second kappa shape index (κ2) is 14.4. The maximum atomic E-state index is 10.2. The fourth-order valence-corrected chi connectivity index (χ4v) is 1.46. The van der Waals surface area contributed by atoms with Crippen molar-refractivity contribution in [3.8, 4) is 0 Å². The maximum Gasteiger partial charge on any atom is 1.00 e. The van der Waals surface area contributed by atoms with Crippen molar-refractivity contribution in [1.82, 2.24) is 0 Å². The van der Waals surface area contributed by atoms with E-state index in [1.54, 1.807) is 0 Å². The third-order valence-corrected chi connectivity index (χ3v) is 2.32. The van der Waals surface area contributed by atoms with E-state index in [-0.39, 0.29) is 29.6 Å². The van der Waals surface area contributed by atoms with E-state index >= 15 is 0 Å². The van der Waals surface area contributed by atoms with Crippen LogP contribution in [0.25, 0.3) is 5.73 Å². The molecule has 84 valence electrons. The average molecular weight is 223 g/mol. The predicted octanol–water partition coefficient (Wildman–Crippen LogP) is 0.638. The van der Waals surface area contributed by atoms with Crippen LogP contribution in [0.2, 0.25) is 0 Å². The molecule has 4 heteroatoms. The summed E-state index contributed by atoms with van der Waals surface area (Å²) >= 11 is 0. The maximum absolute atomic E-state index is 10.2. The van der Waals surface area contributed by atoms with Crippen molar-refractivity contribution in [3.05, 3.63) is 5.73 Å². The fourth-order valence-electron chi connectivity index (χ4n) is 1.46. The molecule has 3 nitrogen and oxygen atoms in total. The van der Waals surface area contributed by atoms with E-state index in [9.17, 15) is 4.79 Å². The van der Waals surface area contributed by atoms with Gasteiger partial charge < -0.3 is 10.8 Å². The van der Waals surface area contributed by atoms with Gasteiger partial charge in [0, 0.05) is 6.42 Å². The first kappa shape index (κ1) is 17.8. The molecule has 0 aliphatic heterocycles. The molecule has 15 heavy (non-hydrogen) atoms. The molecule has 0 aromatic rings. The minimum Gasteiger partial charge on any atom is -0.677 e. The van der Waals surface area contributed by atoms with E-state index < -0.39 is 5.97 Å². The average Bonchev–Trinajstić information content (AvgIpc) is 2.15. The molecule has 0 aliphatic carbocycles. The monoisotopic (exact) mass is 223 g/mol. The summed E-state index contributed by atoms with van der Waals surface area (Å²) in [6.45, 7) is 0.554. The summed E-state index contributed by atoms with van der Waals surface area (Å²) in [6.07, 6.45) is 9.25. The molecule has 0 aromatic heterocycles. The Morgan fingerprint density at radius 3 is 1.67 bits per heavy atom. The number of rotatable bonds is 10. The quantitative estimate of drug-likeness (QED) is 0.436. The fraction of sp³-hybridized carbons (Fsp3) is 0.909. The number of aliphatic carboxylic acids is 1. The molecule has 0 fully saturated rings. The molecule has 0 radical (unpaired) electrons. The van der Waals surface area contributed by atoms with Gasteiger partial charge in [-0.15, -0.1) is 0 Å². The molecule has 0 unspecified atom stereocenters. The van der Waals surface area contributed by atoms with Gasteiger partial charge in [0.05, 0.1) is 0 Å². The van der Waals surface area contributed by atoms with E-state index in [1.807, 2.05) is 0 Å². The summed E-state index contributed by atoms with van der Waals surface area (Å²) in [5.41, 5.74) is 6.96. The van der Waals surface area contributed by atoms with Crippen molar-refractivity contribution >= 4 is 5.97 Å². The SMILES string of the molecule is [NH-]CCCCCCCCCCC(=O)O.[Na+]. The number of carboxylic acid groups (broad SMARTS) is 1. The summed E-state index contributed by atoms with van der Waals surface area (Å²) in [5, 5.41) is 8.40. The molecule has 0 saturated heterocycles. The second-order valence-electron chi connectivity index (χ2n) is 3.72. The van der Waals surface area contributed by atoms with Gasteiger partial charge in [-0.1, -0.05) is 44.9 Å². The Kier molecular flexibility index (Phi) is 17.1. The van der Waals surface area contributed by atoms with E-state index in [4.69, 9.17) is 10.8 Å². The summed E-state index contributed by atoms with van der Waals surface area (Å²) in [4.78, 5) is 10.2. The first-order valence-corrected chi connectivity index (χ1v) is 5.63. The first-order chi connectivity index (χ1) is 6.77. The van der Waals surface area contributed by atoms with Gasteiger partial charge in [-0.05, 0) is 6.42 Å². The van der Waals surface area contributed by atoms with Gasteiger partial charge in [-0.25, -0.2) is 0 Å². The molecule has 2 N–H and O–H groups in total. The van der Waals surface area contributed by atoms with Crippen LogP contribution in [0.1, 0.15) is 57.8 Å². The van der Waals surface area contributed by atoms with Crippen LogP contribution in [0, 0.1) is 0 Å². The Labute approximate surface area is 115 Å². The zero-order valence-electron chi connectivity index (χ0n) is 9.93. The van der Waals surface area contributed by atoms with Gasteiger partial charge in [0.25, 0.3) is 0 Å².